The monoisotopic (exact) mass is 301 g/mol. The van der Waals surface area contributed by atoms with Crippen LogP contribution in [0.2, 0.25) is 0 Å². The molecule has 0 bridgehead atoms. The molecule has 0 amide bonds. The number of nitro benzene ring substituents is 1. The van der Waals surface area contributed by atoms with Gasteiger partial charge in [0.05, 0.1) is 9.40 Å². The molecule has 0 aromatic heterocycles. The summed E-state index contributed by atoms with van der Waals surface area (Å²) >= 11 is 3.17. The van der Waals surface area contributed by atoms with E-state index in [0.29, 0.717) is 17.6 Å². The first-order chi connectivity index (χ1) is 8.04. The van der Waals surface area contributed by atoms with Crippen molar-refractivity contribution in [2.24, 2.45) is 5.73 Å². The Morgan fingerprint density at radius 2 is 2.24 bits per heavy atom. The van der Waals surface area contributed by atoms with Crippen molar-refractivity contribution in [1.29, 1.82) is 0 Å². The van der Waals surface area contributed by atoms with Gasteiger partial charge in [0.25, 0.3) is 5.69 Å². The molecule has 1 rings (SSSR count). The van der Waals surface area contributed by atoms with E-state index >= 15 is 0 Å². The molecular weight excluding hydrogens is 286 g/mol. The summed E-state index contributed by atoms with van der Waals surface area (Å²) in [6.07, 6.45) is 0.926. The third-order valence-electron chi connectivity index (χ3n) is 2.40. The van der Waals surface area contributed by atoms with Crippen LogP contribution in [-0.4, -0.2) is 30.0 Å². The van der Waals surface area contributed by atoms with Gasteiger partial charge in [-0.1, -0.05) is 6.07 Å². The largest absolute Gasteiger partial charge is 0.330 e. The van der Waals surface area contributed by atoms with Crippen LogP contribution in [0.3, 0.4) is 0 Å². The van der Waals surface area contributed by atoms with Crippen LogP contribution in [0.5, 0.6) is 0 Å². The minimum Gasteiger partial charge on any atom is -0.330 e. The van der Waals surface area contributed by atoms with Gasteiger partial charge in [-0.2, -0.15) is 0 Å². The van der Waals surface area contributed by atoms with E-state index in [1.165, 1.54) is 0 Å². The van der Waals surface area contributed by atoms with Crippen LogP contribution in [0.4, 0.5) is 5.69 Å². The van der Waals surface area contributed by atoms with Gasteiger partial charge in [-0.3, -0.25) is 10.1 Å². The summed E-state index contributed by atoms with van der Waals surface area (Å²) < 4.78 is 0.510. The van der Waals surface area contributed by atoms with Crippen molar-refractivity contribution >= 4 is 21.6 Å². The zero-order valence-electron chi connectivity index (χ0n) is 9.73. The molecule has 0 aliphatic heterocycles. The van der Waals surface area contributed by atoms with E-state index in [2.05, 4.69) is 20.8 Å². The van der Waals surface area contributed by atoms with Crippen LogP contribution in [0, 0.1) is 10.1 Å². The summed E-state index contributed by atoms with van der Waals surface area (Å²) in [6.45, 7) is 2.24. The number of rotatable bonds is 6. The van der Waals surface area contributed by atoms with Crippen LogP contribution < -0.4 is 5.73 Å². The van der Waals surface area contributed by atoms with Gasteiger partial charge >= 0.3 is 0 Å². The molecule has 0 spiro atoms. The number of benzene rings is 1. The number of nitrogens with two attached hydrogens (primary N) is 1. The van der Waals surface area contributed by atoms with E-state index in [0.717, 1.165) is 18.5 Å². The highest BCUT2D eigenvalue weighted by molar-refractivity contribution is 9.10. The van der Waals surface area contributed by atoms with Crippen LogP contribution in [0.25, 0.3) is 0 Å². The van der Waals surface area contributed by atoms with Gasteiger partial charge in [-0.05, 0) is 54.1 Å². The molecule has 0 saturated heterocycles. The number of halogens is 1. The van der Waals surface area contributed by atoms with Gasteiger partial charge in [0.2, 0.25) is 0 Å². The Hall–Kier alpha value is -0.980. The number of hydrogen-bond donors (Lipinski definition) is 1. The first-order valence-corrected chi connectivity index (χ1v) is 6.15. The van der Waals surface area contributed by atoms with Crippen LogP contribution >= 0.6 is 15.9 Å². The maximum absolute atomic E-state index is 10.8. The molecule has 1 aromatic carbocycles. The number of hydrogen-bond acceptors (Lipinski definition) is 4. The fourth-order valence-corrected chi connectivity index (χ4v) is 1.94. The predicted molar refractivity (Wildman–Crippen MR) is 70.8 cm³/mol. The van der Waals surface area contributed by atoms with Crippen LogP contribution in [-0.2, 0) is 6.54 Å². The molecule has 17 heavy (non-hydrogen) atoms. The molecule has 0 atom stereocenters. The Kier molecular flexibility index (Phi) is 5.54. The molecule has 6 heteroatoms. The van der Waals surface area contributed by atoms with E-state index in [1.54, 1.807) is 12.1 Å². The smallest absolute Gasteiger partial charge is 0.283 e. The fourth-order valence-electron chi connectivity index (χ4n) is 1.55. The standard InChI is InChI=1S/C11H16BrN3O2/c1-14(6-2-5-13)8-9-3-4-10(12)11(7-9)15(16)17/h3-4,7H,2,5-6,8,13H2,1H3. The third-order valence-corrected chi connectivity index (χ3v) is 3.07. The lowest BCUT2D eigenvalue weighted by Crippen LogP contribution is -2.21. The lowest BCUT2D eigenvalue weighted by atomic mass is 10.2. The van der Waals surface area contributed by atoms with Crippen molar-refractivity contribution in [2.75, 3.05) is 20.1 Å². The lowest BCUT2D eigenvalue weighted by molar-refractivity contribution is -0.385. The highest BCUT2D eigenvalue weighted by Crippen LogP contribution is 2.25. The number of nitrogens with zero attached hydrogens (tertiary/aromatic N) is 2. The van der Waals surface area contributed by atoms with Gasteiger partial charge < -0.3 is 10.6 Å². The second-order valence-corrected chi connectivity index (χ2v) is 4.78. The molecular formula is C11H16BrN3O2. The second-order valence-electron chi connectivity index (χ2n) is 3.92. The Balaban J connectivity index is 2.72. The Bertz CT molecular complexity index is 398. The van der Waals surface area contributed by atoms with E-state index < -0.39 is 0 Å². The second kappa shape index (κ2) is 6.68. The predicted octanol–water partition coefficient (Wildman–Crippen LogP) is 2.14. The van der Waals surface area contributed by atoms with E-state index in [-0.39, 0.29) is 10.6 Å². The molecule has 1 aromatic rings. The van der Waals surface area contributed by atoms with Crippen molar-refractivity contribution in [2.45, 2.75) is 13.0 Å². The molecule has 0 fully saturated rings. The van der Waals surface area contributed by atoms with Crippen molar-refractivity contribution < 1.29 is 4.92 Å². The van der Waals surface area contributed by atoms with Crippen molar-refractivity contribution in [3.8, 4) is 0 Å². The Morgan fingerprint density at radius 3 is 2.82 bits per heavy atom. The molecule has 94 valence electrons. The molecule has 0 unspecified atom stereocenters. The maximum Gasteiger partial charge on any atom is 0.283 e. The van der Waals surface area contributed by atoms with Crippen molar-refractivity contribution in [1.82, 2.24) is 4.90 Å². The van der Waals surface area contributed by atoms with E-state index in [1.807, 2.05) is 13.1 Å². The first-order valence-electron chi connectivity index (χ1n) is 5.36. The lowest BCUT2D eigenvalue weighted by Gasteiger charge is -2.15. The highest BCUT2D eigenvalue weighted by atomic mass is 79.9. The quantitative estimate of drug-likeness (QED) is 0.645. The molecule has 2 N–H and O–H groups in total. The SMILES string of the molecule is CN(CCCN)Cc1ccc(Br)c([N+](=O)[O-])c1. The topological polar surface area (TPSA) is 72.4 Å². The fraction of sp³-hybridized carbons (Fsp3) is 0.455. The normalized spacial score (nSPS) is 10.8. The molecule has 5 nitrogen and oxygen atoms in total. The van der Waals surface area contributed by atoms with E-state index in [9.17, 15) is 10.1 Å². The van der Waals surface area contributed by atoms with Gasteiger partial charge in [-0.15, -0.1) is 0 Å². The summed E-state index contributed by atoms with van der Waals surface area (Å²) in [6, 6.07) is 5.20. The van der Waals surface area contributed by atoms with Crippen molar-refractivity contribution in [3.05, 3.63) is 38.3 Å². The van der Waals surface area contributed by atoms with Crippen LogP contribution in [0.15, 0.2) is 22.7 Å². The first kappa shape index (κ1) is 14.1. The molecule has 0 aliphatic carbocycles. The minimum absolute atomic E-state index is 0.106. The zero-order valence-corrected chi connectivity index (χ0v) is 11.3. The van der Waals surface area contributed by atoms with Gasteiger partial charge in [0.15, 0.2) is 0 Å². The summed E-state index contributed by atoms with van der Waals surface area (Å²) in [5.41, 5.74) is 6.47. The van der Waals surface area contributed by atoms with E-state index in [4.69, 9.17) is 5.73 Å². The molecule has 0 aliphatic rings. The molecule has 0 saturated carbocycles. The summed E-state index contributed by atoms with van der Waals surface area (Å²) in [4.78, 5) is 12.5. The average molecular weight is 302 g/mol. The summed E-state index contributed by atoms with van der Waals surface area (Å²) in [7, 11) is 1.98. The number of nitro groups is 1. The minimum atomic E-state index is -0.381. The Morgan fingerprint density at radius 1 is 1.53 bits per heavy atom. The van der Waals surface area contributed by atoms with Crippen molar-refractivity contribution in [3.63, 3.8) is 0 Å². The summed E-state index contributed by atoms with van der Waals surface area (Å²) in [5, 5.41) is 10.8. The van der Waals surface area contributed by atoms with Gasteiger partial charge in [-0.25, -0.2) is 0 Å². The maximum atomic E-state index is 10.8. The molecule has 0 heterocycles. The average Bonchev–Trinajstić information content (AvgIpc) is 2.28. The molecule has 0 radical (unpaired) electrons. The third kappa shape index (κ3) is 4.41. The summed E-state index contributed by atoms with van der Waals surface area (Å²) in [5.74, 6) is 0. The van der Waals surface area contributed by atoms with Gasteiger partial charge in [0, 0.05) is 12.6 Å². The Labute approximate surface area is 109 Å². The van der Waals surface area contributed by atoms with Gasteiger partial charge in [0.1, 0.15) is 0 Å². The highest BCUT2D eigenvalue weighted by Gasteiger charge is 2.12. The zero-order chi connectivity index (χ0) is 12.8. The van der Waals surface area contributed by atoms with Crippen LogP contribution in [0.1, 0.15) is 12.0 Å².